The largest absolute Gasteiger partial charge is 0.493 e. The van der Waals surface area contributed by atoms with Gasteiger partial charge in [0.25, 0.3) is 0 Å². The van der Waals surface area contributed by atoms with Gasteiger partial charge in [-0.1, -0.05) is 37.3 Å². The first-order valence-corrected chi connectivity index (χ1v) is 12.8. The van der Waals surface area contributed by atoms with E-state index < -0.39 is 10.0 Å². The van der Waals surface area contributed by atoms with E-state index in [1.165, 1.54) is 38.0 Å². The van der Waals surface area contributed by atoms with E-state index in [0.717, 1.165) is 17.5 Å². The van der Waals surface area contributed by atoms with Crippen molar-refractivity contribution < 1.29 is 22.7 Å². The average molecular weight is 498 g/mol. The highest BCUT2D eigenvalue weighted by Crippen LogP contribution is 2.29. The second-order valence-electron chi connectivity index (χ2n) is 7.95. The summed E-state index contributed by atoms with van der Waals surface area (Å²) in [5.74, 6) is 0.575. The number of rotatable bonds is 12. The van der Waals surface area contributed by atoms with Gasteiger partial charge in [-0.25, -0.2) is 13.1 Å². The third kappa shape index (κ3) is 7.27. The summed E-state index contributed by atoms with van der Waals surface area (Å²) in [6.07, 6.45) is 4.36. The molecule has 9 heteroatoms. The number of carbonyl (C=O) groups is 1. The van der Waals surface area contributed by atoms with Crippen molar-refractivity contribution in [1.29, 1.82) is 0 Å². The molecule has 0 saturated heterocycles. The van der Waals surface area contributed by atoms with Crippen molar-refractivity contribution >= 4 is 15.9 Å². The van der Waals surface area contributed by atoms with E-state index in [-0.39, 0.29) is 23.8 Å². The predicted octanol–water partition coefficient (Wildman–Crippen LogP) is 3.56. The number of sulfonamides is 1. The third-order valence-corrected chi connectivity index (χ3v) is 7.01. The zero-order valence-electron chi connectivity index (χ0n) is 20.2. The van der Waals surface area contributed by atoms with Crippen molar-refractivity contribution in [3.63, 3.8) is 0 Å². The van der Waals surface area contributed by atoms with Crippen molar-refractivity contribution in [2.75, 3.05) is 20.8 Å². The number of hydrogen-bond donors (Lipinski definition) is 1. The average Bonchev–Trinajstić information content (AvgIpc) is 2.88. The lowest BCUT2D eigenvalue weighted by Gasteiger charge is -2.23. The molecule has 0 bridgehead atoms. The highest BCUT2D eigenvalue weighted by atomic mass is 32.2. The van der Waals surface area contributed by atoms with E-state index in [1.54, 1.807) is 17.3 Å². The van der Waals surface area contributed by atoms with E-state index in [4.69, 9.17) is 9.47 Å². The molecule has 3 rings (SSSR count). The number of nitrogens with one attached hydrogen (secondary N) is 1. The molecule has 0 aliphatic rings. The summed E-state index contributed by atoms with van der Waals surface area (Å²) in [4.78, 5) is 19.0. The number of nitrogens with zero attached hydrogens (tertiary/aromatic N) is 2. The van der Waals surface area contributed by atoms with Gasteiger partial charge < -0.3 is 14.4 Å². The standard InChI is InChI=1S/C26H31N3O5S/c1-4-20-7-9-21(10-8-20)18-29(19-22-6-5-14-27-17-22)26(30)13-15-28-35(31,32)23-11-12-24(33-2)25(16-23)34-3/h5-12,14,16-17,28H,4,13,15,18-19H2,1-3H3. The lowest BCUT2D eigenvalue weighted by Crippen LogP contribution is -2.34. The Kier molecular flexibility index (Phi) is 9.22. The van der Waals surface area contributed by atoms with Crippen LogP contribution in [0, 0.1) is 0 Å². The first-order valence-electron chi connectivity index (χ1n) is 11.3. The number of aryl methyl sites for hydroxylation is 1. The highest BCUT2D eigenvalue weighted by Gasteiger charge is 2.19. The van der Waals surface area contributed by atoms with Crippen LogP contribution in [0.25, 0.3) is 0 Å². The first-order chi connectivity index (χ1) is 16.9. The molecule has 0 radical (unpaired) electrons. The molecule has 1 amide bonds. The molecule has 35 heavy (non-hydrogen) atoms. The number of ether oxygens (including phenoxy) is 2. The van der Waals surface area contributed by atoms with Crippen molar-refractivity contribution in [3.8, 4) is 11.5 Å². The molecule has 0 unspecified atom stereocenters. The van der Waals surface area contributed by atoms with E-state index in [0.29, 0.717) is 24.6 Å². The number of hydrogen-bond acceptors (Lipinski definition) is 6. The number of aromatic nitrogens is 1. The molecule has 2 aromatic carbocycles. The molecule has 3 aromatic rings. The van der Waals surface area contributed by atoms with Crippen LogP contribution in [0.1, 0.15) is 30.0 Å². The summed E-state index contributed by atoms with van der Waals surface area (Å²) < 4.78 is 38.4. The molecule has 1 aromatic heterocycles. The normalized spacial score (nSPS) is 11.2. The van der Waals surface area contributed by atoms with Gasteiger partial charge in [0, 0.05) is 44.5 Å². The van der Waals surface area contributed by atoms with E-state index in [1.807, 2.05) is 24.3 Å². The van der Waals surface area contributed by atoms with Crippen LogP contribution in [0.15, 0.2) is 71.9 Å². The zero-order valence-corrected chi connectivity index (χ0v) is 21.0. The minimum atomic E-state index is -3.83. The SMILES string of the molecule is CCc1ccc(CN(Cc2cccnc2)C(=O)CCNS(=O)(=O)c2ccc(OC)c(OC)c2)cc1. The molecule has 0 spiro atoms. The summed E-state index contributed by atoms with van der Waals surface area (Å²) >= 11 is 0. The summed E-state index contributed by atoms with van der Waals surface area (Å²) in [6, 6.07) is 16.2. The second-order valence-corrected chi connectivity index (χ2v) is 9.71. The summed E-state index contributed by atoms with van der Waals surface area (Å²) in [6.45, 7) is 2.86. The lowest BCUT2D eigenvalue weighted by atomic mass is 10.1. The van der Waals surface area contributed by atoms with Crippen molar-refractivity contribution in [3.05, 3.63) is 83.7 Å². The molecule has 0 aliphatic heterocycles. The van der Waals surface area contributed by atoms with Crippen molar-refractivity contribution in [1.82, 2.24) is 14.6 Å². The molecular weight excluding hydrogens is 466 g/mol. The summed E-state index contributed by atoms with van der Waals surface area (Å²) in [5.41, 5.74) is 3.13. The van der Waals surface area contributed by atoms with Gasteiger partial charge in [0.15, 0.2) is 11.5 Å². The van der Waals surface area contributed by atoms with Crippen molar-refractivity contribution in [2.24, 2.45) is 0 Å². The van der Waals surface area contributed by atoms with Crippen molar-refractivity contribution in [2.45, 2.75) is 37.8 Å². The summed E-state index contributed by atoms with van der Waals surface area (Å²) in [5, 5.41) is 0. The Morgan fingerprint density at radius 3 is 2.26 bits per heavy atom. The van der Waals surface area contributed by atoms with Gasteiger partial charge in [0.1, 0.15) is 0 Å². The van der Waals surface area contributed by atoms with Crippen LogP contribution >= 0.6 is 0 Å². The molecule has 0 fully saturated rings. The Hall–Kier alpha value is -3.43. The van der Waals surface area contributed by atoms with Crippen LogP contribution in [-0.2, 0) is 34.3 Å². The van der Waals surface area contributed by atoms with Gasteiger partial charge in [0.2, 0.25) is 15.9 Å². The van der Waals surface area contributed by atoms with Crippen LogP contribution < -0.4 is 14.2 Å². The fourth-order valence-electron chi connectivity index (χ4n) is 3.56. The molecule has 0 aliphatic carbocycles. The number of methoxy groups -OCH3 is 2. The van der Waals surface area contributed by atoms with Gasteiger partial charge in [-0.15, -0.1) is 0 Å². The van der Waals surface area contributed by atoms with Gasteiger partial charge in [-0.3, -0.25) is 9.78 Å². The topological polar surface area (TPSA) is 97.8 Å². The number of amides is 1. The van der Waals surface area contributed by atoms with E-state index in [9.17, 15) is 13.2 Å². The fraction of sp³-hybridized carbons (Fsp3) is 0.308. The van der Waals surface area contributed by atoms with Crippen LogP contribution in [0.4, 0.5) is 0 Å². The molecule has 0 atom stereocenters. The monoisotopic (exact) mass is 497 g/mol. The second kappa shape index (κ2) is 12.3. The van der Waals surface area contributed by atoms with E-state index in [2.05, 4.69) is 28.8 Å². The zero-order chi connectivity index (χ0) is 25.3. The lowest BCUT2D eigenvalue weighted by molar-refractivity contribution is -0.132. The number of pyridine rings is 1. The number of carbonyl (C=O) groups excluding carboxylic acids is 1. The minimum absolute atomic E-state index is 0.0137. The Balaban J connectivity index is 1.68. The molecule has 8 nitrogen and oxygen atoms in total. The molecular formula is C26H31N3O5S. The van der Waals surface area contributed by atoms with Crippen LogP contribution in [0.2, 0.25) is 0 Å². The summed E-state index contributed by atoms with van der Waals surface area (Å²) in [7, 11) is -0.916. The highest BCUT2D eigenvalue weighted by molar-refractivity contribution is 7.89. The first kappa shape index (κ1) is 26.2. The Morgan fingerprint density at radius 1 is 0.943 bits per heavy atom. The van der Waals surface area contributed by atoms with Crippen LogP contribution in [0.5, 0.6) is 11.5 Å². The Bertz CT molecular complexity index is 1220. The fourth-order valence-corrected chi connectivity index (χ4v) is 4.61. The maximum Gasteiger partial charge on any atom is 0.240 e. The number of benzene rings is 2. The van der Waals surface area contributed by atoms with Gasteiger partial charge in [0.05, 0.1) is 19.1 Å². The van der Waals surface area contributed by atoms with Gasteiger partial charge in [-0.05, 0) is 41.3 Å². The molecule has 1 N–H and O–H groups in total. The van der Waals surface area contributed by atoms with Gasteiger partial charge >= 0.3 is 0 Å². The predicted molar refractivity (Wildman–Crippen MR) is 134 cm³/mol. The van der Waals surface area contributed by atoms with Gasteiger partial charge in [-0.2, -0.15) is 0 Å². The maximum atomic E-state index is 13.1. The smallest absolute Gasteiger partial charge is 0.240 e. The van der Waals surface area contributed by atoms with Crippen LogP contribution in [0.3, 0.4) is 0 Å². The Morgan fingerprint density at radius 2 is 1.63 bits per heavy atom. The maximum absolute atomic E-state index is 13.1. The molecule has 0 saturated carbocycles. The molecule has 1 heterocycles. The minimum Gasteiger partial charge on any atom is -0.493 e. The van der Waals surface area contributed by atoms with Crippen LogP contribution in [-0.4, -0.2) is 45.0 Å². The Labute approximate surface area is 207 Å². The molecule has 186 valence electrons. The van der Waals surface area contributed by atoms with E-state index >= 15 is 0 Å². The quantitative estimate of drug-likeness (QED) is 0.411. The third-order valence-electron chi connectivity index (χ3n) is 5.55.